The highest BCUT2D eigenvalue weighted by atomic mass is 15.3. The van der Waals surface area contributed by atoms with Crippen molar-refractivity contribution in [1.82, 2.24) is 9.78 Å². The van der Waals surface area contributed by atoms with Crippen molar-refractivity contribution in [3.05, 3.63) is 23.5 Å². The molecule has 0 radical (unpaired) electrons. The highest BCUT2D eigenvalue weighted by molar-refractivity contribution is 5.46. The van der Waals surface area contributed by atoms with Gasteiger partial charge >= 0.3 is 0 Å². The first-order valence-electron chi connectivity index (χ1n) is 3.96. The van der Waals surface area contributed by atoms with E-state index >= 15 is 0 Å². The zero-order chi connectivity index (χ0) is 9.30. The summed E-state index contributed by atoms with van der Waals surface area (Å²) in [6.07, 6.45) is 0. The van der Waals surface area contributed by atoms with Crippen LogP contribution in [-0.2, 0) is 6.54 Å². The van der Waals surface area contributed by atoms with Crippen LogP contribution >= 0.6 is 0 Å². The van der Waals surface area contributed by atoms with E-state index in [2.05, 4.69) is 11.7 Å². The Balaban J connectivity index is 3.01. The van der Waals surface area contributed by atoms with E-state index in [0.29, 0.717) is 0 Å². The minimum Gasteiger partial charge on any atom is -0.396 e. The maximum atomic E-state index is 5.77. The van der Waals surface area contributed by atoms with Gasteiger partial charge in [-0.1, -0.05) is 12.2 Å². The molecule has 3 heteroatoms. The lowest BCUT2D eigenvalue weighted by Gasteiger charge is -2.02. The van der Waals surface area contributed by atoms with Crippen LogP contribution in [0.1, 0.15) is 18.3 Å². The van der Waals surface area contributed by atoms with Gasteiger partial charge in [-0.2, -0.15) is 5.10 Å². The van der Waals surface area contributed by atoms with E-state index in [9.17, 15) is 0 Å². The second kappa shape index (κ2) is 3.01. The van der Waals surface area contributed by atoms with E-state index in [1.54, 1.807) is 0 Å². The molecule has 12 heavy (non-hydrogen) atoms. The SMILES string of the molecule is C=C(C)Cn1nc(C)c(N)c1C. The summed E-state index contributed by atoms with van der Waals surface area (Å²) in [5.74, 6) is 0. The number of allylic oxidation sites excluding steroid dienone is 1. The summed E-state index contributed by atoms with van der Waals surface area (Å²) in [6.45, 7) is 10.4. The van der Waals surface area contributed by atoms with Crippen LogP contribution < -0.4 is 5.73 Å². The molecule has 2 N–H and O–H groups in total. The van der Waals surface area contributed by atoms with Gasteiger partial charge < -0.3 is 5.73 Å². The summed E-state index contributed by atoms with van der Waals surface area (Å²) >= 11 is 0. The molecule has 0 atom stereocenters. The van der Waals surface area contributed by atoms with Crippen LogP contribution in [0.5, 0.6) is 0 Å². The summed E-state index contributed by atoms with van der Waals surface area (Å²) in [7, 11) is 0. The van der Waals surface area contributed by atoms with E-state index in [1.807, 2.05) is 25.5 Å². The number of hydrogen-bond acceptors (Lipinski definition) is 2. The second-order valence-electron chi connectivity index (χ2n) is 3.20. The van der Waals surface area contributed by atoms with Crippen molar-refractivity contribution in [2.45, 2.75) is 27.3 Å². The molecule has 1 aromatic heterocycles. The number of hydrogen-bond donors (Lipinski definition) is 1. The smallest absolute Gasteiger partial charge is 0.0826 e. The van der Waals surface area contributed by atoms with Crippen molar-refractivity contribution in [1.29, 1.82) is 0 Å². The molecule has 3 nitrogen and oxygen atoms in total. The van der Waals surface area contributed by atoms with Gasteiger partial charge in [0, 0.05) is 0 Å². The second-order valence-corrected chi connectivity index (χ2v) is 3.20. The van der Waals surface area contributed by atoms with Crippen molar-refractivity contribution in [2.24, 2.45) is 0 Å². The van der Waals surface area contributed by atoms with Gasteiger partial charge in [-0.3, -0.25) is 4.68 Å². The van der Waals surface area contributed by atoms with E-state index in [-0.39, 0.29) is 0 Å². The average molecular weight is 165 g/mol. The van der Waals surface area contributed by atoms with E-state index < -0.39 is 0 Å². The molecule has 66 valence electrons. The molecule has 0 aliphatic heterocycles. The highest BCUT2D eigenvalue weighted by Crippen LogP contribution is 2.15. The normalized spacial score (nSPS) is 10.2. The lowest BCUT2D eigenvalue weighted by Crippen LogP contribution is -2.03. The quantitative estimate of drug-likeness (QED) is 0.677. The highest BCUT2D eigenvalue weighted by Gasteiger charge is 2.06. The maximum Gasteiger partial charge on any atom is 0.0826 e. The van der Waals surface area contributed by atoms with Crippen LogP contribution in [0.15, 0.2) is 12.2 Å². The Morgan fingerprint density at radius 2 is 2.17 bits per heavy atom. The zero-order valence-corrected chi connectivity index (χ0v) is 7.89. The lowest BCUT2D eigenvalue weighted by atomic mass is 10.3. The standard InChI is InChI=1S/C9H15N3/c1-6(2)5-12-8(4)9(10)7(3)11-12/h1,5,10H2,2-4H3. The number of nitrogens with zero attached hydrogens (tertiary/aromatic N) is 2. The Morgan fingerprint density at radius 1 is 1.58 bits per heavy atom. The summed E-state index contributed by atoms with van der Waals surface area (Å²) in [6, 6.07) is 0. The number of nitrogens with two attached hydrogens (primary N) is 1. The third-order valence-corrected chi connectivity index (χ3v) is 1.86. The number of anilines is 1. The Hall–Kier alpha value is -1.25. The molecule has 0 bridgehead atoms. The molecular formula is C9H15N3. The van der Waals surface area contributed by atoms with E-state index in [4.69, 9.17) is 5.73 Å². The van der Waals surface area contributed by atoms with E-state index in [0.717, 1.165) is 29.2 Å². The van der Waals surface area contributed by atoms with Crippen molar-refractivity contribution in [3.8, 4) is 0 Å². The molecule has 0 aliphatic carbocycles. The van der Waals surface area contributed by atoms with Gasteiger partial charge in [-0.25, -0.2) is 0 Å². The van der Waals surface area contributed by atoms with Crippen LogP contribution in [0.3, 0.4) is 0 Å². The van der Waals surface area contributed by atoms with Gasteiger partial charge in [0.2, 0.25) is 0 Å². The zero-order valence-electron chi connectivity index (χ0n) is 7.89. The molecule has 0 amide bonds. The van der Waals surface area contributed by atoms with Crippen LogP contribution in [0.2, 0.25) is 0 Å². The lowest BCUT2D eigenvalue weighted by molar-refractivity contribution is 0.652. The van der Waals surface area contributed by atoms with Crippen molar-refractivity contribution >= 4 is 5.69 Å². The topological polar surface area (TPSA) is 43.8 Å². The monoisotopic (exact) mass is 165 g/mol. The van der Waals surface area contributed by atoms with E-state index in [1.165, 1.54) is 0 Å². The van der Waals surface area contributed by atoms with Crippen LogP contribution in [-0.4, -0.2) is 9.78 Å². The number of rotatable bonds is 2. The molecule has 0 saturated carbocycles. The summed E-state index contributed by atoms with van der Waals surface area (Å²) in [5.41, 5.74) is 9.56. The maximum absolute atomic E-state index is 5.77. The Morgan fingerprint density at radius 3 is 2.50 bits per heavy atom. The van der Waals surface area contributed by atoms with Gasteiger partial charge in [-0.05, 0) is 20.8 Å². The minimum atomic E-state index is 0.754. The molecule has 1 heterocycles. The van der Waals surface area contributed by atoms with Crippen molar-refractivity contribution < 1.29 is 0 Å². The molecule has 0 saturated heterocycles. The molecule has 0 fully saturated rings. The third kappa shape index (κ3) is 1.49. The summed E-state index contributed by atoms with van der Waals surface area (Å²) in [5, 5.41) is 4.28. The van der Waals surface area contributed by atoms with Gasteiger partial charge in [-0.15, -0.1) is 0 Å². The average Bonchev–Trinajstić information content (AvgIpc) is 2.17. The van der Waals surface area contributed by atoms with Crippen molar-refractivity contribution in [3.63, 3.8) is 0 Å². The summed E-state index contributed by atoms with van der Waals surface area (Å²) < 4.78 is 1.88. The van der Waals surface area contributed by atoms with Crippen molar-refractivity contribution in [2.75, 3.05) is 5.73 Å². The largest absolute Gasteiger partial charge is 0.396 e. The van der Waals surface area contributed by atoms with Gasteiger partial charge in [0.05, 0.1) is 23.6 Å². The first-order valence-corrected chi connectivity index (χ1v) is 3.96. The van der Waals surface area contributed by atoms with Gasteiger partial charge in [0.15, 0.2) is 0 Å². The molecule has 1 rings (SSSR count). The first-order chi connectivity index (χ1) is 5.52. The molecule has 0 aromatic carbocycles. The fourth-order valence-electron chi connectivity index (χ4n) is 1.12. The molecular weight excluding hydrogens is 150 g/mol. The van der Waals surface area contributed by atoms with Gasteiger partial charge in [0.25, 0.3) is 0 Å². The van der Waals surface area contributed by atoms with Crippen LogP contribution in [0, 0.1) is 13.8 Å². The molecule has 0 unspecified atom stereocenters. The Labute approximate surface area is 72.9 Å². The van der Waals surface area contributed by atoms with Gasteiger partial charge in [0.1, 0.15) is 0 Å². The summed E-state index contributed by atoms with van der Waals surface area (Å²) in [4.78, 5) is 0. The molecule has 0 spiro atoms. The molecule has 0 aliphatic rings. The number of nitrogen functional groups attached to an aromatic ring is 1. The Bertz CT molecular complexity index is 310. The number of aromatic nitrogens is 2. The van der Waals surface area contributed by atoms with Crippen LogP contribution in [0.25, 0.3) is 0 Å². The fourth-order valence-corrected chi connectivity index (χ4v) is 1.12. The first kappa shape index (κ1) is 8.84. The van der Waals surface area contributed by atoms with Crippen LogP contribution in [0.4, 0.5) is 5.69 Å². The molecule has 1 aromatic rings. The Kier molecular flexibility index (Phi) is 2.22. The predicted octanol–water partition coefficient (Wildman–Crippen LogP) is 1.66. The number of aryl methyl sites for hydroxylation is 1. The third-order valence-electron chi connectivity index (χ3n) is 1.86. The minimum absolute atomic E-state index is 0.754. The predicted molar refractivity (Wildman–Crippen MR) is 50.9 cm³/mol. The fraction of sp³-hybridized carbons (Fsp3) is 0.444.